The highest BCUT2D eigenvalue weighted by atomic mass is 32.2. The molecule has 0 fully saturated rings. The highest BCUT2D eigenvalue weighted by Gasteiger charge is 2.24. The van der Waals surface area contributed by atoms with Crippen molar-refractivity contribution in [3.05, 3.63) is 0 Å². The molecule has 0 atom stereocenters. The molecule has 5 nitrogen and oxygen atoms in total. The van der Waals surface area contributed by atoms with Gasteiger partial charge in [-0.2, -0.15) is 0 Å². The largest absolute Gasteiger partial charge is 0.355 e. The zero-order valence-electron chi connectivity index (χ0n) is 11.1. The Morgan fingerprint density at radius 2 is 1.88 bits per heavy atom. The van der Waals surface area contributed by atoms with Crippen molar-refractivity contribution < 1.29 is 13.2 Å². The van der Waals surface area contributed by atoms with Crippen LogP contribution in [0.5, 0.6) is 0 Å². The first kappa shape index (κ1) is 16.4. The molecule has 0 bridgehead atoms. The second-order valence-corrected chi connectivity index (χ2v) is 7.62. The number of rotatable bonds is 7. The SMILES string of the molecule is CC(C)CCNC(=O)CS(=O)(=O)CC(C)(C)N. The molecule has 0 radical (unpaired) electrons. The van der Waals surface area contributed by atoms with Crippen molar-refractivity contribution in [2.45, 2.75) is 39.7 Å². The predicted octanol–water partition coefficient (Wildman–Crippen LogP) is 0.301. The fourth-order valence-corrected chi connectivity index (χ4v) is 3.11. The molecule has 0 unspecified atom stereocenters. The van der Waals surface area contributed by atoms with Gasteiger partial charge in [-0.3, -0.25) is 4.79 Å². The third-order valence-corrected chi connectivity index (χ3v) is 3.87. The minimum Gasteiger partial charge on any atom is -0.355 e. The monoisotopic (exact) mass is 264 g/mol. The molecule has 1 amide bonds. The van der Waals surface area contributed by atoms with Gasteiger partial charge >= 0.3 is 0 Å². The lowest BCUT2D eigenvalue weighted by Crippen LogP contribution is -2.43. The number of carbonyl (C=O) groups is 1. The lowest BCUT2D eigenvalue weighted by atomic mass is 10.1. The van der Waals surface area contributed by atoms with Crippen LogP contribution in [0.15, 0.2) is 0 Å². The molecule has 0 aliphatic heterocycles. The van der Waals surface area contributed by atoms with E-state index >= 15 is 0 Å². The van der Waals surface area contributed by atoms with E-state index in [4.69, 9.17) is 5.73 Å². The first-order valence-electron chi connectivity index (χ1n) is 5.78. The van der Waals surface area contributed by atoms with E-state index in [0.717, 1.165) is 6.42 Å². The minimum atomic E-state index is -3.43. The van der Waals surface area contributed by atoms with Crippen LogP contribution in [0.25, 0.3) is 0 Å². The molecule has 0 spiro atoms. The summed E-state index contributed by atoms with van der Waals surface area (Å²) in [5.41, 5.74) is 4.82. The summed E-state index contributed by atoms with van der Waals surface area (Å²) in [7, 11) is -3.43. The van der Waals surface area contributed by atoms with Crippen LogP contribution in [0, 0.1) is 5.92 Å². The highest BCUT2D eigenvalue weighted by molar-refractivity contribution is 7.92. The fourth-order valence-electron chi connectivity index (χ4n) is 1.37. The normalized spacial score (nSPS) is 12.8. The van der Waals surface area contributed by atoms with Gasteiger partial charge in [0.1, 0.15) is 5.75 Å². The van der Waals surface area contributed by atoms with Gasteiger partial charge in [0.15, 0.2) is 9.84 Å². The minimum absolute atomic E-state index is 0.183. The van der Waals surface area contributed by atoms with E-state index in [0.29, 0.717) is 12.5 Å². The maximum atomic E-state index is 11.6. The van der Waals surface area contributed by atoms with Crippen molar-refractivity contribution in [2.75, 3.05) is 18.1 Å². The number of amides is 1. The first-order chi connectivity index (χ1) is 7.52. The average Bonchev–Trinajstić information content (AvgIpc) is 1.95. The van der Waals surface area contributed by atoms with Gasteiger partial charge in [0.2, 0.25) is 5.91 Å². The van der Waals surface area contributed by atoms with E-state index in [-0.39, 0.29) is 5.75 Å². The van der Waals surface area contributed by atoms with Gasteiger partial charge in [-0.15, -0.1) is 0 Å². The number of nitrogens with two attached hydrogens (primary N) is 1. The second kappa shape index (κ2) is 6.35. The number of sulfone groups is 1. The average molecular weight is 264 g/mol. The Morgan fingerprint density at radius 3 is 2.29 bits per heavy atom. The van der Waals surface area contributed by atoms with Crippen LogP contribution in [0.2, 0.25) is 0 Å². The van der Waals surface area contributed by atoms with Crippen LogP contribution in [0.3, 0.4) is 0 Å². The molecule has 0 heterocycles. The molecule has 6 heteroatoms. The molecule has 0 aliphatic carbocycles. The summed E-state index contributed by atoms with van der Waals surface area (Å²) in [6, 6.07) is 0. The van der Waals surface area contributed by atoms with Crippen LogP contribution < -0.4 is 11.1 Å². The summed E-state index contributed by atoms with van der Waals surface area (Å²) in [5, 5.41) is 2.60. The van der Waals surface area contributed by atoms with Gasteiger partial charge in [-0.25, -0.2) is 8.42 Å². The molecule has 0 aromatic carbocycles. The lowest BCUT2D eigenvalue weighted by Gasteiger charge is -2.18. The number of hydrogen-bond donors (Lipinski definition) is 2. The molecular weight excluding hydrogens is 240 g/mol. The van der Waals surface area contributed by atoms with Gasteiger partial charge in [0.05, 0.1) is 5.75 Å². The molecule has 17 heavy (non-hydrogen) atoms. The van der Waals surface area contributed by atoms with Crippen LogP contribution in [0.4, 0.5) is 0 Å². The van der Waals surface area contributed by atoms with Crippen molar-refractivity contribution in [3.63, 3.8) is 0 Å². The van der Waals surface area contributed by atoms with E-state index in [2.05, 4.69) is 5.32 Å². The first-order valence-corrected chi connectivity index (χ1v) is 7.60. The van der Waals surface area contributed by atoms with Crippen LogP contribution in [-0.4, -0.2) is 37.9 Å². The Kier molecular flexibility index (Phi) is 6.12. The van der Waals surface area contributed by atoms with Gasteiger partial charge in [-0.1, -0.05) is 13.8 Å². The summed E-state index contributed by atoms with van der Waals surface area (Å²) in [6.45, 7) is 7.85. The van der Waals surface area contributed by atoms with Gasteiger partial charge in [-0.05, 0) is 26.2 Å². The Balaban J connectivity index is 4.11. The van der Waals surface area contributed by atoms with E-state index in [1.165, 1.54) is 0 Å². The molecule has 0 rings (SSSR count). The molecule has 0 aliphatic rings. The van der Waals surface area contributed by atoms with Gasteiger partial charge in [0, 0.05) is 12.1 Å². The van der Waals surface area contributed by atoms with Gasteiger partial charge < -0.3 is 11.1 Å². The summed E-state index contributed by atoms with van der Waals surface area (Å²) in [5.74, 6) is -0.631. The maximum absolute atomic E-state index is 11.6. The van der Waals surface area contributed by atoms with Crippen molar-refractivity contribution in [2.24, 2.45) is 11.7 Å². The van der Waals surface area contributed by atoms with Crippen LogP contribution >= 0.6 is 0 Å². The maximum Gasteiger partial charge on any atom is 0.235 e. The number of nitrogens with one attached hydrogen (secondary N) is 1. The Labute approximate surface area is 104 Å². The zero-order valence-corrected chi connectivity index (χ0v) is 11.9. The van der Waals surface area contributed by atoms with Crippen LogP contribution in [-0.2, 0) is 14.6 Å². The summed E-state index contributed by atoms with van der Waals surface area (Å²) < 4.78 is 23.2. The summed E-state index contributed by atoms with van der Waals surface area (Å²) in [4.78, 5) is 11.4. The zero-order chi connectivity index (χ0) is 13.7. The second-order valence-electron chi connectivity index (χ2n) is 5.55. The predicted molar refractivity (Wildman–Crippen MR) is 69.4 cm³/mol. The molecule has 0 saturated heterocycles. The van der Waals surface area contributed by atoms with E-state index in [1.54, 1.807) is 13.8 Å². The highest BCUT2D eigenvalue weighted by Crippen LogP contribution is 2.03. The van der Waals surface area contributed by atoms with Gasteiger partial charge in [0.25, 0.3) is 0 Å². The Morgan fingerprint density at radius 1 is 1.35 bits per heavy atom. The quantitative estimate of drug-likeness (QED) is 0.692. The van der Waals surface area contributed by atoms with Crippen LogP contribution in [0.1, 0.15) is 34.1 Å². The summed E-state index contributed by atoms with van der Waals surface area (Å²) >= 11 is 0. The third-order valence-electron chi connectivity index (χ3n) is 1.99. The smallest absolute Gasteiger partial charge is 0.235 e. The Hall–Kier alpha value is -0.620. The van der Waals surface area contributed by atoms with Crippen molar-refractivity contribution in [1.82, 2.24) is 5.32 Å². The van der Waals surface area contributed by atoms with E-state index in [1.807, 2.05) is 13.8 Å². The topological polar surface area (TPSA) is 89.3 Å². The van der Waals surface area contributed by atoms with Crippen molar-refractivity contribution in [3.8, 4) is 0 Å². The molecule has 102 valence electrons. The number of carbonyl (C=O) groups excluding carboxylic acids is 1. The molecule has 0 saturated carbocycles. The molecule has 3 N–H and O–H groups in total. The van der Waals surface area contributed by atoms with E-state index < -0.39 is 27.0 Å². The number of hydrogen-bond acceptors (Lipinski definition) is 4. The molecular formula is C11H24N2O3S. The lowest BCUT2D eigenvalue weighted by molar-refractivity contribution is -0.118. The third kappa shape index (κ3) is 10.3. The Bertz CT molecular complexity index is 342. The van der Waals surface area contributed by atoms with E-state index in [9.17, 15) is 13.2 Å². The van der Waals surface area contributed by atoms with Crippen molar-refractivity contribution >= 4 is 15.7 Å². The molecule has 0 aromatic heterocycles. The fraction of sp³-hybridized carbons (Fsp3) is 0.909. The molecule has 0 aromatic rings. The standard InChI is InChI=1S/C11H24N2O3S/c1-9(2)5-6-13-10(14)7-17(15,16)8-11(3,4)12/h9H,5-8,12H2,1-4H3,(H,13,14). The van der Waals surface area contributed by atoms with Crippen molar-refractivity contribution in [1.29, 1.82) is 0 Å². The summed E-state index contributed by atoms with van der Waals surface area (Å²) in [6.07, 6.45) is 0.841.